The van der Waals surface area contributed by atoms with Gasteiger partial charge in [-0.25, -0.2) is 9.37 Å². The largest absolute Gasteiger partial charge is 0.349 e. The van der Waals surface area contributed by atoms with Crippen LogP contribution in [0.2, 0.25) is 0 Å². The molecule has 25 heavy (non-hydrogen) atoms. The standard InChI is InChI=1S/C18H25FN4S.ClH/c1-3-22(4-2)18-21-11-16(24-18)13-23-9-8-20-12-17(23)14-6-5-7-15(19)10-14;/h5-7,10-11,17,20H,3-4,8-9,12-13H2,1-2H3;1H. The number of piperazine rings is 1. The van der Waals surface area contributed by atoms with Crippen molar-refractivity contribution in [3.8, 4) is 0 Å². The fraction of sp³-hybridized carbons (Fsp3) is 0.500. The van der Waals surface area contributed by atoms with Crippen LogP contribution in [0.15, 0.2) is 30.5 Å². The molecule has 3 rings (SSSR count). The maximum absolute atomic E-state index is 13.6. The highest BCUT2D eigenvalue weighted by atomic mass is 35.5. The number of halogens is 2. The summed E-state index contributed by atoms with van der Waals surface area (Å²) in [6.07, 6.45) is 1.99. The highest BCUT2D eigenvalue weighted by Crippen LogP contribution is 2.28. The van der Waals surface area contributed by atoms with E-state index in [-0.39, 0.29) is 24.3 Å². The molecule has 1 aromatic carbocycles. The molecule has 7 heteroatoms. The lowest BCUT2D eigenvalue weighted by Gasteiger charge is -2.36. The Labute approximate surface area is 159 Å². The van der Waals surface area contributed by atoms with Gasteiger partial charge < -0.3 is 10.2 Å². The summed E-state index contributed by atoms with van der Waals surface area (Å²) in [4.78, 5) is 10.5. The molecule has 1 fully saturated rings. The number of rotatable bonds is 6. The third-order valence-electron chi connectivity index (χ3n) is 4.52. The van der Waals surface area contributed by atoms with Crippen LogP contribution in [-0.2, 0) is 6.54 Å². The zero-order valence-corrected chi connectivity index (χ0v) is 16.4. The number of hydrogen-bond donors (Lipinski definition) is 1. The molecule has 2 aromatic rings. The second kappa shape index (κ2) is 9.48. The van der Waals surface area contributed by atoms with Crippen molar-refractivity contribution in [3.63, 3.8) is 0 Å². The van der Waals surface area contributed by atoms with Gasteiger partial charge >= 0.3 is 0 Å². The first-order chi connectivity index (χ1) is 11.7. The smallest absolute Gasteiger partial charge is 0.185 e. The van der Waals surface area contributed by atoms with E-state index in [0.717, 1.165) is 50.0 Å². The van der Waals surface area contributed by atoms with Crippen molar-refractivity contribution in [1.82, 2.24) is 15.2 Å². The summed E-state index contributed by atoms with van der Waals surface area (Å²) < 4.78 is 13.6. The van der Waals surface area contributed by atoms with Gasteiger partial charge in [0.05, 0.1) is 0 Å². The molecule has 1 unspecified atom stereocenters. The molecule has 1 aromatic heterocycles. The average molecular weight is 385 g/mol. The Morgan fingerprint density at radius 1 is 1.36 bits per heavy atom. The Morgan fingerprint density at radius 3 is 2.88 bits per heavy atom. The third-order valence-corrected chi connectivity index (χ3v) is 5.56. The van der Waals surface area contributed by atoms with Crippen LogP contribution in [0, 0.1) is 5.82 Å². The number of hydrogen-bond acceptors (Lipinski definition) is 5. The van der Waals surface area contributed by atoms with E-state index in [9.17, 15) is 4.39 Å². The molecule has 1 aliphatic rings. The zero-order valence-electron chi connectivity index (χ0n) is 14.7. The molecular weight excluding hydrogens is 359 g/mol. The Balaban J connectivity index is 0.00000225. The molecule has 0 spiro atoms. The van der Waals surface area contributed by atoms with Gasteiger partial charge in [0.1, 0.15) is 5.82 Å². The summed E-state index contributed by atoms with van der Waals surface area (Å²) in [5.41, 5.74) is 1.04. The van der Waals surface area contributed by atoms with Gasteiger partial charge in [-0.1, -0.05) is 12.1 Å². The van der Waals surface area contributed by atoms with E-state index in [4.69, 9.17) is 0 Å². The van der Waals surface area contributed by atoms with Crippen molar-refractivity contribution in [2.75, 3.05) is 37.6 Å². The molecule has 0 amide bonds. The summed E-state index contributed by atoms with van der Waals surface area (Å²) in [6, 6.07) is 7.17. The van der Waals surface area contributed by atoms with E-state index in [1.54, 1.807) is 23.5 Å². The zero-order chi connectivity index (χ0) is 16.9. The van der Waals surface area contributed by atoms with Crippen molar-refractivity contribution in [2.24, 2.45) is 0 Å². The molecule has 0 bridgehead atoms. The number of benzene rings is 1. The molecule has 0 aliphatic carbocycles. The molecule has 1 atom stereocenters. The predicted molar refractivity (Wildman–Crippen MR) is 105 cm³/mol. The van der Waals surface area contributed by atoms with Crippen LogP contribution >= 0.6 is 23.7 Å². The van der Waals surface area contributed by atoms with Gasteiger partial charge in [-0.2, -0.15) is 0 Å². The van der Waals surface area contributed by atoms with Gasteiger partial charge in [0.25, 0.3) is 0 Å². The lowest BCUT2D eigenvalue weighted by Crippen LogP contribution is -2.45. The lowest BCUT2D eigenvalue weighted by atomic mass is 10.0. The Morgan fingerprint density at radius 2 is 2.16 bits per heavy atom. The summed E-state index contributed by atoms with van der Waals surface area (Å²) in [5, 5.41) is 4.52. The molecule has 4 nitrogen and oxygen atoms in total. The second-order valence-corrected chi connectivity index (χ2v) is 7.12. The normalized spacial score (nSPS) is 18.0. The minimum Gasteiger partial charge on any atom is -0.349 e. The van der Waals surface area contributed by atoms with Crippen LogP contribution in [-0.4, -0.2) is 42.6 Å². The Hall–Kier alpha value is -1.21. The molecule has 138 valence electrons. The molecule has 1 aliphatic heterocycles. The van der Waals surface area contributed by atoms with Crippen molar-refractivity contribution in [1.29, 1.82) is 0 Å². The van der Waals surface area contributed by atoms with Crippen molar-refractivity contribution in [3.05, 3.63) is 46.7 Å². The molecule has 0 saturated carbocycles. The van der Waals surface area contributed by atoms with E-state index >= 15 is 0 Å². The average Bonchev–Trinajstić information content (AvgIpc) is 3.05. The SMILES string of the molecule is CCN(CC)c1ncc(CN2CCNCC2c2cccc(F)c2)s1.Cl. The second-order valence-electron chi connectivity index (χ2n) is 6.03. The predicted octanol–water partition coefficient (Wildman–Crippen LogP) is 3.70. The molecule has 1 N–H and O–H groups in total. The minimum atomic E-state index is -0.167. The summed E-state index contributed by atoms with van der Waals surface area (Å²) in [6.45, 7) is 9.90. The number of nitrogens with one attached hydrogen (secondary N) is 1. The topological polar surface area (TPSA) is 31.4 Å². The monoisotopic (exact) mass is 384 g/mol. The van der Waals surface area contributed by atoms with Gasteiger partial charge in [-0.15, -0.1) is 23.7 Å². The highest BCUT2D eigenvalue weighted by molar-refractivity contribution is 7.15. The quantitative estimate of drug-likeness (QED) is 0.822. The van der Waals surface area contributed by atoms with Crippen molar-refractivity contribution in [2.45, 2.75) is 26.4 Å². The minimum absolute atomic E-state index is 0. The summed E-state index contributed by atoms with van der Waals surface area (Å²) >= 11 is 1.76. The van der Waals surface area contributed by atoms with Crippen LogP contribution in [0.1, 0.15) is 30.3 Å². The van der Waals surface area contributed by atoms with Crippen LogP contribution in [0.25, 0.3) is 0 Å². The third kappa shape index (κ3) is 4.91. The highest BCUT2D eigenvalue weighted by Gasteiger charge is 2.25. The Kier molecular flexibility index (Phi) is 7.62. The van der Waals surface area contributed by atoms with Crippen LogP contribution in [0.3, 0.4) is 0 Å². The van der Waals surface area contributed by atoms with E-state index < -0.39 is 0 Å². The van der Waals surface area contributed by atoms with Crippen molar-refractivity contribution < 1.29 is 4.39 Å². The van der Waals surface area contributed by atoms with E-state index in [2.05, 4.69) is 33.9 Å². The number of anilines is 1. The number of nitrogens with zero attached hydrogens (tertiary/aromatic N) is 3. The van der Waals surface area contributed by atoms with E-state index in [1.165, 1.54) is 10.9 Å². The first-order valence-corrected chi connectivity index (χ1v) is 9.42. The number of aromatic nitrogens is 1. The summed E-state index contributed by atoms with van der Waals surface area (Å²) in [7, 11) is 0. The molecular formula is C18H26ClFN4S. The van der Waals surface area contributed by atoms with Gasteiger partial charge in [-0.3, -0.25) is 4.90 Å². The van der Waals surface area contributed by atoms with Crippen LogP contribution in [0.4, 0.5) is 9.52 Å². The fourth-order valence-electron chi connectivity index (χ4n) is 3.19. The first-order valence-electron chi connectivity index (χ1n) is 8.61. The summed E-state index contributed by atoms with van der Waals surface area (Å²) in [5.74, 6) is -0.167. The van der Waals surface area contributed by atoms with Crippen LogP contribution in [0.5, 0.6) is 0 Å². The maximum Gasteiger partial charge on any atom is 0.185 e. The molecule has 0 radical (unpaired) electrons. The van der Waals surface area contributed by atoms with Gasteiger partial charge in [0.15, 0.2) is 5.13 Å². The Bertz CT molecular complexity index is 662. The van der Waals surface area contributed by atoms with Gasteiger partial charge in [0, 0.05) is 56.4 Å². The maximum atomic E-state index is 13.6. The molecule has 2 heterocycles. The van der Waals surface area contributed by atoms with Crippen LogP contribution < -0.4 is 10.2 Å². The van der Waals surface area contributed by atoms with E-state index in [1.807, 2.05) is 12.3 Å². The molecule has 1 saturated heterocycles. The lowest BCUT2D eigenvalue weighted by molar-refractivity contribution is 0.155. The van der Waals surface area contributed by atoms with Crippen molar-refractivity contribution >= 4 is 28.9 Å². The van der Waals surface area contributed by atoms with Gasteiger partial charge in [-0.05, 0) is 31.5 Å². The van der Waals surface area contributed by atoms with E-state index in [0.29, 0.717) is 0 Å². The van der Waals surface area contributed by atoms with Gasteiger partial charge in [0.2, 0.25) is 0 Å². The number of thiazole rings is 1. The first kappa shape index (κ1) is 20.1. The fourth-order valence-corrected chi connectivity index (χ4v) is 4.25.